The van der Waals surface area contributed by atoms with Crippen LogP contribution in [0.4, 0.5) is 0 Å². The zero-order valence-corrected chi connectivity index (χ0v) is 20.5. The van der Waals surface area contributed by atoms with Crippen LogP contribution in [-0.4, -0.2) is 33.4 Å². The second kappa shape index (κ2) is 10.7. The summed E-state index contributed by atoms with van der Waals surface area (Å²) in [5, 5.41) is 9.61. The molecule has 7 heteroatoms. The quantitative estimate of drug-likeness (QED) is 0.213. The number of methoxy groups -OCH3 is 1. The lowest BCUT2D eigenvalue weighted by Crippen LogP contribution is -2.06. The molecule has 0 amide bonds. The molecule has 0 saturated carbocycles. The Bertz CT molecular complexity index is 1240. The minimum absolute atomic E-state index is 0.0389. The number of rotatable bonds is 9. The van der Waals surface area contributed by atoms with E-state index in [1.807, 2.05) is 12.1 Å². The van der Waals surface area contributed by atoms with Crippen molar-refractivity contribution in [2.45, 2.75) is 29.7 Å². The van der Waals surface area contributed by atoms with Crippen molar-refractivity contribution in [1.29, 1.82) is 0 Å². The van der Waals surface area contributed by atoms with Crippen LogP contribution in [0.15, 0.2) is 82.8 Å². The van der Waals surface area contributed by atoms with Gasteiger partial charge in [0.2, 0.25) is 0 Å². The highest BCUT2D eigenvalue weighted by Crippen LogP contribution is 2.28. The van der Waals surface area contributed by atoms with Gasteiger partial charge in [-0.15, -0.1) is 22.0 Å². The zero-order valence-electron chi connectivity index (χ0n) is 18.8. The van der Waals surface area contributed by atoms with E-state index in [0.29, 0.717) is 16.5 Å². The number of ketones is 1. The molecule has 0 N–H and O–H groups in total. The Labute approximate surface area is 202 Å². The van der Waals surface area contributed by atoms with Crippen LogP contribution in [0.3, 0.4) is 0 Å². The first kappa shape index (κ1) is 23.1. The molecular formula is C26H25N3O2S2. The van der Waals surface area contributed by atoms with E-state index in [1.54, 1.807) is 43.1 Å². The summed E-state index contributed by atoms with van der Waals surface area (Å²) in [4.78, 5) is 13.9. The Balaban J connectivity index is 1.55. The second-order valence-electron chi connectivity index (χ2n) is 7.62. The second-order valence-corrected chi connectivity index (χ2v) is 9.61. The van der Waals surface area contributed by atoms with E-state index < -0.39 is 0 Å². The van der Waals surface area contributed by atoms with E-state index in [-0.39, 0.29) is 11.5 Å². The average Bonchev–Trinajstić information content (AvgIpc) is 3.25. The third-order valence-corrected chi connectivity index (χ3v) is 7.03. The minimum atomic E-state index is 0.0389. The molecule has 0 aliphatic heterocycles. The number of thioether (sulfide) groups is 2. The van der Waals surface area contributed by atoms with Gasteiger partial charge in [0.15, 0.2) is 10.9 Å². The molecule has 0 atom stereocenters. The van der Waals surface area contributed by atoms with Crippen molar-refractivity contribution in [3.05, 3.63) is 95.3 Å². The smallest absolute Gasteiger partial charge is 0.196 e. The van der Waals surface area contributed by atoms with Crippen molar-refractivity contribution in [1.82, 2.24) is 14.8 Å². The maximum atomic E-state index is 12.7. The van der Waals surface area contributed by atoms with E-state index in [0.717, 1.165) is 22.8 Å². The van der Waals surface area contributed by atoms with Gasteiger partial charge in [-0.3, -0.25) is 9.36 Å². The molecule has 0 fully saturated rings. The number of carbonyl (C=O) groups is 1. The molecule has 0 bridgehead atoms. The Morgan fingerprint density at radius 2 is 1.67 bits per heavy atom. The number of aryl methyl sites for hydroxylation is 2. The van der Waals surface area contributed by atoms with E-state index in [2.05, 4.69) is 65.0 Å². The molecular weight excluding hydrogens is 450 g/mol. The van der Waals surface area contributed by atoms with Crippen LogP contribution in [0, 0.1) is 13.8 Å². The molecule has 4 rings (SSSR count). The largest absolute Gasteiger partial charge is 0.497 e. The number of nitrogens with zero attached hydrogens (tertiary/aromatic N) is 3. The van der Waals surface area contributed by atoms with E-state index in [1.165, 1.54) is 22.2 Å². The lowest BCUT2D eigenvalue weighted by molar-refractivity contribution is 0.102. The standard InChI is InChI=1S/C26H25N3O2S2/c1-18-7-13-23(14-8-18)32-17-25-27-28-26(29(25)21-6-4-5-19(2)15-21)33-16-24(30)20-9-11-22(31-3)12-10-20/h4-15H,16-17H2,1-3H3. The van der Waals surface area contributed by atoms with Gasteiger partial charge in [0.05, 0.1) is 18.6 Å². The van der Waals surface area contributed by atoms with Crippen LogP contribution in [0.2, 0.25) is 0 Å². The van der Waals surface area contributed by atoms with Crippen molar-refractivity contribution >= 4 is 29.3 Å². The predicted molar refractivity (Wildman–Crippen MR) is 135 cm³/mol. The van der Waals surface area contributed by atoms with Crippen LogP contribution < -0.4 is 4.74 Å². The zero-order chi connectivity index (χ0) is 23.2. The van der Waals surface area contributed by atoms with Gasteiger partial charge < -0.3 is 4.74 Å². The van der Waals surface area contributed by atoms with Crippen molar-refractivity contribution in [2.24, 2.45) is 0 Å². The third kappa shape index (κ3) is 5.86. The molecule has 1 heterocycles. The van der Waals surface area contributed by atoms with Crippen LogP contribution in [0.5, 0.6) is 5.75 Å². The SMILES string of the molecule is COc1ccc(C(=O)CSc2nnc(CSc3ccc(C)cc3)n2-c2cccc(C)c2)cc1. The lowest BCUT2D eigenvalue weighted by atomic mass is 10.1. The van der Waals surface area contributed by atoms with Crippen molar-refractivity contribution in [2.75, 3.05) is 12.9 Å². The molecule has 0 aliphatic carbocycles. The molecule has 4 aromatic rings. The maximum absolute atomic E-state index is 12.7. The van der Waals surface area contributed by atoms with Crippen LogP contribution >= 0.6 is 23.5 Å². The van der Waals surface area contributed by atoms with Gasteiger partial charge >= 0.3 is 0 Å². The lowest BCUT2D eigenvalue weighted by Gasteiger charge is -2.11. The van der Waals surface area contributed by atoms with Gasteiger partial charge in [-0.2, -0.15) is 0 Å². The van der Waals surface area contributed by atoms with Gasteiger partial charge in [-0.1, -0.05) is 41.6 Å². The number of Topliss-reactive ketones (excluding diaryl/α,β-unsaturated/α-hetero) is 1. The van der Waals surface area contributed by atoms with E-state index in [9.17, 15) is 4.79 Å². The summed E-state index contributed by atoms with van der Waals surface area (Å²) in [5.41, 5.74) is 4.05. The normalized spacial score (nSPS) is 10.9. The molecule has 0 saturated heterocycles. The Kier molecular flexibility index (Phi) is 7.52. The monoisotopic (exact) mass is 475 g/mol. The fourth-order valence-corrected chi connectivity index (χ4v) is 4.96. The number of aromatic nitrogens is 3. The van der Waals surface area contributed by atoms with Crippen molar-refractivity contribution in [3.63, 3.8) is 0 Å². The molecule has 0 spiro atoms. The first-order valence-electron chi connectivity index (χ1n) is 10.5. The molecule has 0 aliphatic rings. The minimum Gasteiger partial charge on any atom is -0.497 e. The van der Waals surface area contributed by atoms with Crippen LogP contribution in [0.25, 0.3) is 5.69 Å². The summed E-state index contributed by atoms with van der Waals surface area (Å²) in [6.07, 6.45) is 0. The van der Waals surface area contributed by atoms with Gasteiger partial charge in [0.1, 0.15) is 11.6 Å². The maximum Gasteiger partial charge on any atom is 0.196 e. The van der Waals surface area contributed by atoms with E-state index >= 15 is 0 Å². The van der Waals surface area contributed by atoms with Gasteiger partial charge in [0, 0.05) is 16.1 Å². The molecule has 0 radical (unpaired) electrons. The number of hydrogen-bond donors (Lipinski definition) is 0. The number of benzene rings is 3. The number of ether oxygens (including phenoxy) is 1. The molecule has 1 aromatic heterocycles. The summed E-state index contributed by atoms with van der Waals surface area (Å²) >= 11 is 3.13. The number of carbonyl (C=O) groups excluding carboxylic acids is 1. The highest BCUT2D eigenvalue weighted by molar-refractivity contribution is 7.99. The third-order valence-electron chi connectivity index (χ3n) is 5.09. The molecule has 5 nitrogen and oxygen atoms in total. The van der Waals surface area contributed by atoms with Gasteiger partial charge in [0.25, 0.3) is 0 Å². The highest BCUT2D eigenvalue weighted by Gasteiger charge is 2.17. The summed E-state index contributed by atoms with van der Waals surface area (Å²) in [7, 11) is 1.61. The Hall–Kier alpha value is -3.03. The summed E-state index contributed by atoms with van der Waals surface area (Å²) < 4.78 is 7.23. The Morgan fingerprint density at radius 3 is 2.36 bits per heavy atom. The topological polar surface area (TPSA) is 57.0 Å². The first-order valence-corrected chi connectivity index (χ1v) is 12.5. The van der Waals surface area contributed by atoms with Crippen molar-refractivity contribution < 1.29 is 9.53 Å². The average molecular weight is 476 g/mol. The van der Waals surface area contributed by atoms with Gasteiger partial charge in [-0.05, 0) is 67.9 Å². The van der Waals surface area contributed by atoms with Crippen molar-refractivity contribution in [3.8, 4) is 11.4 Å². The molecule has 168 valence electrons. The molecule has 33 heavy (non-hydrogen) atoms. The van der Waals surface area contributed by atoms with E-state index in [4.69, 9.17) is 4.74 Å². The van der Waals surface area contributed by atoms with Crippen LogP contribution in [-0.2, 0) is 5.75 Å². The predicted octanol–water partition coefficient (Wildman–Crippen LogP) is 6.16. The Morgan fingerprint density at radius 1 is 0.909 bits per heavy atom. The highest BCUT2D eigenvalue weighted by atomic mass is 32.2. The molecule has 3 aromatic carbocycles. The summed E-state index contributed by atoms with van der Waals surface area (Å²) in [6, 6.07) is 23.9. The van der Waals surface area contributed by atoms with Crippen LogP contribution in [0.1, 0.15) is 27.3 Å². The first-order chi connectivity index (χ1) is 16.0. The van der Waals surface area contributed by atoms with Gasteiger partial charge in [-0.25, -0.2) is 0 Å². The molecule has 0 unspecified atom stereocenters. The summed E-state index contributed by atoms with van der Waals surface area (Å²) in [5.74, 6) is 2.58. The number of hydrogen-bond acceptors (Lipinski definition) is 6. The fraction of sp³-hybridized carbons (Fsp3) is 0.192. The summed E-state index contributed by atoms with van der Waals surface area (Å²) in [6.45, 7) is 4.15. The fourth-order valence-electron chi connectivity index (χ4n) is 3.29.